The summed E-state index contributed by atoms with van der Waals surface area (Å²) in [5.74, 6) is -0.855. The van der Waals surface area contributed by atoms with Gasteiger partial charge in [-0.3, -0.25) is 9.78 Å². The van der Waals surface area contributed by atoms with Crippen LogP contribution >= 0.6 is 0 Å². The SMILES string of the molecule is C[C@@H](c1ccc(-c2ccccn2)cc1)N1CC[C@@](CCC(N)=O)(c2ccc(F)cc2)OC1=O. The van der Waals surface area contributed by atoms with Gasteiger partial charge in [-0.1, -0.05) is 42.5 Å². The molecule has 2 N–H and O–H groups in total. The van der Waals surface area contributed by atoms with Gasteiger partial charge < -0.3 is 15.4 Å². The number of amides is 2. The molecule has 0 radical (unpaired) electrons. The fourth-order valence-corrected chi connectivity index (χ4v) is 4.27. The van der Waals surface area contributed by atoms with Crippen molar-refractivity contribution in [2.75, 3.05) is 6.54 Å². The lowest BCUT2D eigenvalue weighted by Crippen LogP contribution is -2.49. The van der Waals surface area contributed by atoms with Crippen LogP contribution in [-0.2, 0) is 15.1 Å². The van der Waals surface area contributed by atoms with E-state index >= 15 is 0 Å². The Morgan fingerprint density at radius 1 is 1.15 bits per heavy atom. The minimum absolute atomic E-state index is 0.0647. The summed E-state index contributed by atoms with van der Waals surface area (Å²) < 4.78 is 19.4. The number of nitrogens with two attached hydrogens (primary N) is 1. The van der Waals surface area contributed by atoms with E-state index in [9.17, 15) is 14.0 Å². The molecule has 0 bridgehead atoms. The maximum atomic E-state index is 13.5. The number of carbonyl (C=O) groups excluding carboxylic acids is 2. The van der Waals surface area contributed by atoms with Crippen LogP contribution in [0.25, 0.3) is 11.3 Å². The molecule has 0 saturated carbocycles. The number of benzene rings is 2. The molecule has 2 aromatic carbocycles. The van der Waals surface area contributed by atoms with Crippen molar-refractivity contribution in [3.63, 3.8) is 0 Å². The molecule has 4 rings (SSSR count). The first-order chi connectivity index (χ1) is 15.9. The summed E-state index contributed by atoms with van der Waals surface area (Å²) in [7, 11) is 0. The van der Waals surface area contributed by atoms with Crippen molar-refractivity contribution in [2.45, 2.75) is 37.8 Å². The van der Waals surface area contributed by atoms with Crippen LogP contribution in [-0.4, -0.2) is 28.4 Å². The fourth-order valence-electron chi connectivity index (χ4n) is 4.27. The predicted molar refractivity (Wildman–Crippen MR) is 122 cm³/mol. The Balaban J connectivity index is 1.52. The van der Waals surface area contributed by atoms with Crippen LogP contribution in [0.1, 0.15) is 43.4 Å². The third kappa shape index (κ3) is 4.87. The van der Waals surface area contributed by atoms with Crippen LogP contribution in [0.4, 0.5) is 9.18 Å². The van der Waals surface area contributed by atoms with E-state index in [1.807, 2.05) is 49.4 Å². The standard InChI is InChI=1S/C26H26FN3O3/c1-18(19-5-7-20(8-6-19)23-4-2-3-16-29-23)30-17-15-26(33-25(30)32,14-13-24(28)31)21-9-11-22(27)12-10-21/h2-12,16,18H,13-15,17H2,1H3,(H2,28,31)/t18-,26-/m0/s1. The molecule has 2 heterocycles. The van der Waals surface area contributed by atoms with Crippen molar-refractivity contribution in [3.05, 3.63) is 89.9 Å². The number of carbonyl (C=O) groups is 2. The number of pyridine rings is 1. The molecular weight excluding hydrogens is 421 g/mol. The molecule has 0 spiro atoms. The molecule has 7 heteroatoms. The summed E-state index contributed by atoms with van der Waals surface area (Å²) in [6.45, 7) is 2.38. The molecule has 1 aromatic heterocycles. The Morgan fingerprint density at radius 3 is 2.48 bits per heavy atom. The third-order valence-corrected chi connectivity index (χ3v) is 6.24. The van der Waals surface area contributed by atoms with Crippen LogP contribution < -0.4 is 5.73 Å². The fraction of sp³-hybridized carbons (Fsp3) is 0.269. The minimum atomic E-state index is -1.02. The van der Waals surface area contributed by atoms with Gasteiger partial charge in [-0.15, -0.1) is 0 Å². The van der Waals surface area contributed by atoms with E-state index in [1.165, 1.54) is 12.1 Å². The molecule has 1 aliphatic rings. The minimum Gasteiger partial charge on any atom is -0.438 e. The highest BCUT2D eigenvalue weighted by molar-refractivity contribution is 5.74. The number of nitrogens with zero attached hydrogens (tertiary/aromatic N) is 2. The molecule has 1 aliphatic heterocycles. The van der Waals surface area contributed by atoms with Gasteiger partial charge in [0.2, 0.25) is 5.91 Å². The van der Waals surface area contributed by atoms with E-state index in [0.717, 1.165) is 16.8 Å². The smallest absolute Gasteiger partial charge is 0.411 e. The molecular formula is C26H26FN3O3. The number of cyclic esters (lactones) is 1. The van der Waals surface area contributed by atoms with Crippen molar-refractivity contribution in [3.8, 4) is 11.3 Å². The van der Waals surface area contributed by atoms with Gasteiger partial charge >= 0.3 is 6.09 Å². The zero-order valence-corrected chi connectivity index (χ0v) is 18.4. The van der Waals surface area contributed by atoms with Gasteiger partial charge in [0.05, 0.1) is 11.7 Å². The molecule has 0 aliphatic carbocycles. The van der Waals surface area contributed by atoms with E-state index in [1.54, 1.807) is 23.2 Å². The topological polar surface area (TPSA) is 85.5 Å². The highest BCUT2D eigenvalue weighted by atomic mass is 19.1. The number of hydrogen-bond donors (Lipinski definition) is 1. The van der Waals surface area contributed by atoms with Gasteiger partial charge in [-0.25, -0.2) is 9.18 Å². The summed E-state index contributed by atoms with van der Waals surface area (Å²) in [6.07, 6.45) is 2.06. The third-order valence-electron chi connectivity index (χ3n) is 6.24. The number of ether oxygens (including phenoxy) is 1. The number of rotatable bonds is 7. The highest BCUT2D eigenvalue weighted by Crippen LogP contribution is 2.40. The van der Waals surface area contributed by atoms with Gasteiger partial charge in [0, 0.05) is 37.6 Å². The van der Waals surface area contributed by atoms with Gasteiger partial charge in [-0.05, 0) is 42.3 Å². The summed E-state index contributed by atoms with van der Waals surface area (Å²) in [5, 5.41) is 0. The monoisotopic (exact) mass is 447 g/mol. The number of primary amides is 1. The van der Waals surface area contributed by atoms with E-state index in [0.29, 0.717) is 18.5 Å². The lowest BCUT2D eigenvalue weighted by molar-refractivity contribution is -0.121. The average molecular weight is 448 g/mol. The van der Waals surface area contributed by atoms with Crippen LogP contribution in [0.5, 0.6) is 0 Å². The van der Waals surface area contributed by atoms with Crippen LogP contribution in [0.15, 0.2) is 72.9 Å². The number of aromatic nitrogens is 1. The van der Waals surface area contributed by atoms with Gasteiger partial charge in [0.1, 0.15) is 11.4 Å². The first-order valence-electron chi connectivity index (χ1n) is 10.9. The molecule has 33 heavy (non-hydrogen) atoms. The van der Waals surface area contributed by atoms with E-state index in [-0.39, 0.29) is 24.7 Å². The lowest BCUT2D eigenvalue weighted by atomic mass is 9.84. The molecule has 1 fully saturated rings. The largest absolute Gasteiger partial charge is 0.438 e. The van der Waals surface area contributed by atoms with Crippen molar-refractivity contribution in [1.82, 2.24) is 9.88 Å². The maximum absolute atomic E-state index is 13.5. The zero-order valence-electron chi connectivity index (χ0n) is 18.4. The Morgan fingerprint density at radius 2 is 1.88 bits per heavy atom. The summed E-state index contributed by atoms with van der Waals surface area (Å²) in [5.41, 5.74) is 7.85. The molecule has 0 unspecified atom stereocenters. The van der Waals surface area contributed by atoms with Crippen molar-refractivity contribution in [2.24, 2.45) is 5.73 Å². The first kappa shape index (κ1) is 22.5. The molecule has 6 nitrogen and oxygen atoms in total. The van der Waals surface area contributed by atoms with Crippen LogP contribution in [0.2, 0.25) is 0 Å². The van der Waals surface area contributed by atoms with E-state index < -0.39 is 17.6 Å². The number of hydrogen-bond acceptors (Lipinski definition) is 4. The Labute approximate surface area is 192 Å². The van der Waals surface area contributed by atoms with E-state index in [4.69, 9.17) is 10.5 Å². The summed E-state index contributed by atoms with van der Waals surface area (Å²) in [4.78, 5) is 30.6. The summed E-state index contributed by atoms with van der Waals surface area (Å²) >= 11 is 0. The van der Waals surface area contributed by atoms with Crippen LogP contribution in [0.3, 0.4) is 0 Å². The molecule has 3 aromatic rings. The highest BCUT2D eigenvalue weighted by Gasteiger charge is 2.43. The lowest BCUT2D eigenvalue weighted by Gasteiger charge is -2.43. The van der Waals surface area contributed by atoms with Crippen LogP contribution in [0, 0.1) is 5.82 Å². The van der Waals surface area contributed by atoms with Crippen molar-refractivity contribution < 1.29 is 18.7 Å². The first-order valence-corrected chi connectivity index (χ1v) is 10.9. The predicted octanol–water partition coefficient (Wildman–Crippen LogP) is 4.95. The molecule has 2 amide bonds. The van der Waals surface area contributed by atoms with Crippen molar-refractivity contribution >= 4 is 12.0 Å². The second-order valence-corrected chi connectivity index (χ2v) is 8.29. The second-order valence-electron chi connectivity index (χ2n) is 8.29. The van der Waals surface area contributed by atoms with E-state index in [2.05, 4.69) is 4.98 Å². The molecule has 170 valence electrons. The van der Waals surface area contributed by atoms with Gasteiger partial charge in [-0.2, -0.15) is 0 Å². The Kier molecular flexibility index (Phi) is 6.40. The summed E-state index contributed by atoms with van der Waals surface area (Å²) in [6, 6.07) is 19.3. The number of halogens is 1. The van der Waals surface area contributed by atoms with Gasteiger partial charge in [0.15, 0.2) is 0 Å². The zero-order chi connectivity index (χ0) is 23.4. The Hall–Kier alpha value is -3.74. The Bertz CT molecular complexity index is 1120. The van der Waals surface area contributed by atoms with Gasteiger partial charge in [0.25, 0.3) is 0 Å². The molecule has 2 atom stereocenters. The molecule has 1 saturated heterocycles. The van der Waals surface area contributed by atoms with Crippen molar-refractivity contribution in [1.29, 1.82) is 0 Å². The maximum Gasteiger partial charge on any atom is 0.411 e. The normalized spacial score (nSPS) is 19.1. The quantitative estimate of drug-likeness (QED) is 0.555. The average Bonchev–Trinajstić information content (AvgIpc) is 2.83. The second kappa shape index (κ2) is 9.40.